The second-order valence-corrected chi connectivity index (χ2v) is 10.3. The quantitative estimate of drug-likeness (QED) is 0.553. The van der Waals surface area contributed by atoms with Gasteiger partial charge in [0, 0.05) is 44.9 Å². The Kier molecular flexibility index (Phi) is 6.64. The van der Waals surface area contributed by atoms with Gasteiger partial charge in [0.2, 0.25) is 10.0 Å². The van der Waals surface area contributed by atoms with E-state index in [0.29, 0.717) is 43.0 Å². The van der Waals surface area contributed by atoms with Gasteiger partial charge in [0.05, 0.1) is 10.9 Å². The average Bonchev–Trinajstić information content (AvgIpc) is 3.38. The van der Waals surface area contributed by atoms with Crippen molar-refractivity contribution in [1.82, 2.24) is 19.3 Å². The Balaban J connectivity index is 1.75. The Labute approximate surface area is 194 Å². The summed E-state index contributed by atoms with van der Waals surface area (Å²) in [5.74, 6) is -0.293. The number of benzene rings is 2. The van der Waals surface area contributed by atoms with Gasteiger partial charge < -0.3 is 14.3 Å². The number of likely N-dealkylation sites (N-methyl/N-ethyl adjacent to an activating group) is 1. The second-order valence-electron chi connectivity index (χ2n) is 8.34. The highest BCUT2D eigenvalue weighted by molar-refractivity contribution is 7.89. The molecule has 2 aromatic carbocycles. The van der Waals surface area contributed by atoms with Crippen molar-refractivity contribution in [2.45, 2.75) is 17.9 Å². The monoisotopic (exact) mass is 468 g/mol. The summed E-state index contributed by atoms with van der Waals surface area (Å²) in [6.45, 7) is 4.02. The number of carbonyl (C=O) groups is 1. The molecular weight excluding hydrogens is 440 g/mol. The highest BCUT2D eigenvalue weighted by Gasteiger charge is 2.30. The zero-order chi connectivity index (χ0) is 23.6. The van der Waals surface area contributed by atoms with Crippen molar-refractivity contribution in [2.75, 3.05) is 40.3 Å². The van der Waals surface area contributed by atoms with Gasteiger partial charge in [0.25, 0.3) is 5.91 Å². The molecule has 1 unspecified atom stereocenters. The zero-order valence-corrected chi connectivity index (χ0v) is 19.8. The van der Waals surface area contributed by atoms with Crippen LogP contribution in [0, 0.1) is 0 Å². The Bertz CT molecular complexity index is 1200. The molecule has 0 aliphatic carbocycles. The minimum Gasteiger partial charge on any atom is -0.364 e. The van der Waals surface area contributed by atoms with Crippen LogP contribution >= 0.6 is 0 Å². The van der Waals surface area contributed by atoms with Gasteiger partial charge in [0.15, 0.2) is 0 Å². The molecule has 1 saturated heterocycles. The molecule has 1 aliphatic rings. The molecule has 9 heteroatoms. The van der Waals surface area contributed by atoms with E-state index in [9.17, 15) is 13.2 Å². The van der Waals surface area contributed by atoms with Gasteiger partial charge in [-0.15, -0.1) is 0 Å². The summed E-state index contributed by atoms with van der Waals surface area (Å²) in [4.78, 5) is 17.2. The molecule has 0 bridgehead atoms. The van der Waals surface area contributed by atoms with Gasteiger partial charge in [-0.05, 0) is 43.3 Å². The third kappa shape index (κ3) is 4.85. The summed E-state index contributed by atoms with van der Waals surface area (Å²) < 4.78 is 33.4. The number of hydrogen-bond donors (Lipinski definition) is 0. The van der Waals surface area contributed by atoms with Gasteiger partial charge in [-0.3, -0.25) is 4.79 Å². The van der Waals surface area contributed by atoms with Crippen molar-refractivity contribution in [2.24, 2.45) is 0 Å². The van der Waals surface area contributed by atoms with Gasteiger partial charge in [0.1, 0.15) is 12.0 Å². The topological polar surface area (TPSA) is 87.0 Å². The van der Waals surface area contributed by atoms with Crippen molar-refractivity contribution in [3.05, 3.63) is 72.1 Å². The summed E-state index contributed by atoms with van der Waals surface area (Å²) in [6, 6.07) is 15.7. The van der Waals surface area contributed by atoms with Gasteiger partial charge in [-0.1, -0.05) is 35.5 Å². The maximum absolute atomic E-state index is 13.5. The summed E-state index contributed by atoms with van der Waals surface area (Å²) in [6.07, 6.45) is 1.46. The van der Waals surface area contributed by atoms with E-state index < -0.39 is 10.0 Å². The molecule has 0 N–H and O–H groups in total. The van der Waals surface area contributed by atoms with Crippen LogP contribution in [0.1, 0.15) is 29.0 Å². The normalized spacial score (nSPS) is 16.5. The predicted octanol–water partition coefficient (Wildman–Crippen LogP) is 3.11. The molecule has 1 atom stereocenters. The lowest BCUT2D eigenvalue weighted by molar-refractivity contribution is 0.0737. The average molecular weight is 469 g/mol. The fourth-order valence-corrected chi connectivity index (χ4v) is 5.36. The van der Waals surface area contributed by atoms with E-state index in [1.54, 1.807) is 25.2 Å². The molecule has 1 aliphatic heterocycles. The molecule has 4 rings (SSSR count). The highest BCUT2D eigenvalue weighted by atomic mass is 32.2. The number of carbonyl (C=O) groups excluding carboxylic acids is 1. The molecule has 1 fully saturated rings. The summed E-state index contributed by atoms with van der Waals surface area (Å²) in [5.41, 5.74) is 2.45. The van der Waals surface area contributed by atoms with Crippen molar-refractivity contribution < 1.29 is 17.7 Å². The first-order valence-corrected chi connectivity index (χ1v) is 12.3. The minimum absolute atomic E-state index is 0.124. The van der Waals surface area contributed by atoms with Crippen LogP contribution in [0.2, 0.25) is 0 Å². The minimum atomic E-state index is -3.75. The van der Waals surface area contributed by atoms with E-state index in [1.807, 2.05) is 44.3 Å². The van der Waals surface area contributed by atoms with Gasteiger partial charge >= 0.3 is 0 Å². The van der Waals surface area contributed by atoms with Crippen molar-refractivity contribution >= 4 is 15.9 Å². The molecule has 33 heavy (non-hydrogen) atoms. The first kappa shape index (κ1) is 23.2. The van der Waals surface area contributed by atoms with Gasteiger partial charge in [-0.2, -0.15) is 4.31 Å². The number of nitrogens with zero attached hydrogens (tertiary/aromatic N) is 4. The zero-order valence-electron chi connectivity index (χ0n) is 19.0. The van der Waals surface area contributed by atoms with Gasteiger partial charge in [-0.25, -0.2) is 8.42 Å². The van der Waals surface area contributed by atoms with Crippen LogP contribution in [0.25, 0.3) is 11.1 Å². The fraction of sp³-hybridized carbons (Fsp3) is 0.333. The number of piperazine rings is 1. The third-order valence-corrected chi connectivity index (χ3v) is 8.02. The predicted molar refractivity (Wildman–Crippen MR) is 125 cm³/mol. The highest BCUT2D eigenvalue weighted by Crippen LogP contribution is 2.29. The van der Waals surface area contributed by atoms with Crippen LogP contribution in [0.4, 0.5) is 0 Å². The lowest BCUT2D eigenvalue weighted by atomic mass is 10.0. The number of sulfonamides is 1. The van der Waals surface area contributed by atoms with Crippen LogP contribution in [-0.4, -0.2) is 73.9 Å². The van der Waals surface area contributed by atoms with E-state index in [4.69, 9.17) is 4.52 Å². The fourth-order valence-electron chi connectivity index (χ4n) is 3.86. The molecule has 0 radical (unpaired) electrons. The Hall–Kier alpha value is -3.01. The first-order valence-electron chi connectivity index (χ1n) is 10.8. The van der Waals surface area contributed by atoms with E-state index in [1.165, 1.54) is 21.5 Å². The maximum Gasteiger partial charge on any atom is 0.254 e. The van der Waals surface area contributed by atoms with Crippen LogP contribution in [0.3, 0.4) is 0 Å². The smallest absolute Gasteiger partial charge is 0.254 e. The maximum atomic E-state index is 13.5. The van der Waals surface area contributed by atoms with E-state index in [-0.39, 0.29) is 16.8 Å². The molecule has 0 spiro atoms. The number of aromatic nitrogens is 1. The summed E-state index contributed by atoms with van der Waals surface area (Å²) in [5, 5.41) is 3.93. The summed E-state index contributed by atoms with van der Waals surface area (Å²) >= 11 is 0. The SMILES string of the molecule is CC(c1ccon1)N(C)C(=O)c1cc(-c2ccccc2)cc(S(=O)(=O)N2CCN(C)CC2)c1. The van der Waals surface area contributed by atoms with E-state index in [2.05, 4.69) is 10.1 Å². The van der Waals surface area contributed by atoms with E-state index in [0.717, 1.165) is 5.56 Å². The number of hydrogen-bond acceptors (Lipinski definition) is 6. The van der Waals surface area contributed by atoms with Crippen molar-refractivity contribution in [3.8, 4) is 11.1 Å². The molecular formula is C24H28N4O4S. The van der Waals surface area contributed by atoms with Crippen molar-refractivity contribution in [3.63, 3.8) is 0 Å². The number of rotatable bonds is 6. The first-order chi connectivity index (χ1) is 15.8. The van der Waals surface area contributed by atoms with Crippen LogP contribution < -0.4 is 0 Å². The molecule has 2 heterocycles. The molecule has 174 valence electrons. The summed E-state index contributed by atoms with van der Waals surface area (Å²) in [7, 11) is -0.106. The van der Waals surface area contributed by atoms with Crippen LogP contribution in [0.15, 0.2) is 70.3 Å². The number of amides is 1. The lowest BCUT2D eigenvalue weighted by Crippen LogP contribution is -2.47. The third-order valence-electron chi connectivity index (χ3n) is 6.15. The Morgan fingerprint density at radius 2 is 1.73 bits per heavy atom. The molecule has 0 saturated carbocycles. The van der Waals surface area contributed by atoms with Crippen molar-refractivity contribution in [1.29, 1.82) is 0 Å². The molecule has 8 nitrogen and oxygen atoms in total. The molecule has 3 aromatic rings. The standard InChI is InChI=1S/C24H28N4O4S/c1-18(23-9-14-32-25-23)27(3)24(29)21-15-20(19-7-5-4-6-8-19)16-22(17-21)33(30,31)28-12-10-26(2)11-13-28/h4-9,14-18H,10-13H2,1-3H3. The molecule has 1 aromatic heterocycles. The van der Waals surface area contributed by atoms with Crippen LogP contribution in [-0.2, 0) is 10.0 Å². The Morgan fingerprint density at radius 3 is 2.36 bits per heavy atom. The molecule has 1 amide bonds. The largest absolute Gasteiger partial charge is 0.364 e. The second kappa shape index (κ2) is 9.46. The Morgan fingerprint density at radius 1 is 1.03 bits per heavy atom. The van der Waals surface area contributed by atoms with Crippen LogP contribution in [0.5, 0.6) is 0 Å². The van der Waals surface area contributed by atoms with E-state index >= 15 is 0 Å². The lowest BCUT2D eigenvalue weighted by Gasteiger charge is -2.31.